The highest BCUT2D eigenvalue weighted by Gasteiger charge is 2.06. The number of amides is 1. The quantitative estimate of drug-likeness (QED) is 0.799. The van der Waals surface area contributed by atoms with Crippen LogP contribution >= 0.6 is 11.6 Å². The minimum Gasteiger partial charge on any atom is -0.347 e. The van der Waals surface area contributed by atoms with Gasteiger partial charge in [0.15, 0.2) is 0 Å². The van der Waals surface area contributed by atoms with Crippen molar-refractivity contribution >= 4 is 17.5 Å². The predicted octanol–water partition coefficient (Wildman–Crippen LogP) is 1.83. The molecule has 0 fully saturated rings. The highest BCUT2D eigenvalue weighted by molar-refractivity contribution is 6.29. The molecule has 80 valence electrons. The molecule has 5 heteroatoms. The molecule has 1 aromatic heterocycles. The van der Waals surface area contributed by atoms with E-state index in [0.29, 0.717) is 6.54 Å². The van der Waals surface area contributed by atoms with Crippen molar-refractivity contribution in [3.05, 3.63) is 34.9 Å². The van der Waals surface area contributed by atoms with Crippen LogP contribution in [-0.4, -0.2) is 22.4 Å². The van der Waals surface area contributed by atoms with Gasteiger partial charge in [-0.3, -0.25) is 9.78 Å². The molecule has 1 aromatic rings. The molecule has 0 atom stereocenters. The van der Waals surface area contributed by atoms with Crippen LogP contribution in [0.3, 0.4) is 0 Å². The Morgan fingerprint density at radius 1 is 1.53 bits per heavy atom. The van der Waals surface area contributed by atoms with Crippen molar-refractivity contribution in [2.24, 2.45) is 0 Å². The minimum atomic E-state index is -0.275. The maximum absolute atomic E-state index is 11.5. The lowest BCUT2D eigenvalue weighted by molar-refractivity contribution is 0.0952. The molecule has 0 aliphatic rings. The number of halogens is 1. The lowest BCUT2D eigenvalue weighted by Crippen LogP contribution is -2.24. The van der Waals surface area contributed by atoms with Crippen LogP contribution in [0, 0.1) is 0 Å². The second-order valence-corrected chi connectivity index (χ2v) is 3.61. The number of hydrogen-bond acceptors (Lipinski definition) is 3. The van der Waals surface area contributed by atoms with Gasteiger partial charge in [0, 0.05) is 6.54 Å². The van der Waals surface area contributed by atoms with Crippen molar-refractivity contribution in [3.63, 3.8) is 0 Å². The van der Waals surface area contributed by atoms with Gasteiger partial charge in [-0.2, -0.15) is 0 Å². The lowest BCUT2D eigenvalue weighted by atomic mass is 10.3. The zero-order valence-corrected chi connectivity index (χ0v) is 9.38. The van der Waals surface area contributed by atoms with Crippen LogP contribution in [0.2, 0.25) is 5.15 Å². The van der Waals surface area contributed by atoms with E-state index in [9.17, 15) is 4.79 Å². The van der Waals surface area contributed by atoms with Crippen molar-refractivity contribution in [1.29, 1.82) is 0 Å². The number of nitrogens with zero attached hydrogens (tertiary/aromatic N) is 2. The Hall–Kier alpha value is -1.42. The Morgan fingerprint density at radius 3 is 2.87 bits per heavy atom. The fraction of sp³-hybridized carbons (Fsp3) is 0.300. The smallest absolute Gasteiger partial charge is 0.271 e. The van der Waals surface area contributed by atoms with E-state index in [1.54, 1.807) is 0 Å². The number of allylic oxidation sites excluding steroid dienone is 1. The Labute approximate surface area is 93.4 Å². The largest absolute Gasteiger partial charge is 0.347 e. The van der Waals surface area contributed by atoms with Crippen LogP contribution in [0.1, 0.15) is 24.3 Å². The summed E-state index contributed by atoms with van der Waals surface area (Å²) in [6, 6.07) is 0. The van der Waals surface area contributed by atoms with Gasteiger partial charge in [0.25, 0.3) is 5.91 Å². The molecule has 0 spiro atoms. The van der Waals surface area contributed by atoms with E-state index < -0.39 is 0 Å². The van der Waals surface area contributed by atoms with Gasteiger partial charge >= 0.3 is 0 Å². The number of rotatable bonds is 3. The van der Waals surface area contributed by atoms with Gasteiger partial charge in [-0.25, -0.2) is 4.98 Å². The normalized spacial score (nSPS) is 9.53. The Balaban J connectivity index is 2.58. The van der Waals surface area contributed by atoms with Crippen molar-refractivity contribution in [2.45, 2.75) is 13.8 Å². The number of carbonyl (C=O) groups is 1. The summed E-state index contributed by atoms with van der Waals surface area (Å²) in [5.41, 5.74) is 1.37. The van der Waals surface area contributed by atoms with E-state index in [2.05, 4.69) is 15.3 Å². The van der Waals surface area contributed by atoms with Crippen LogP contribution in [0.15, 0.2) is 24.0 Å². The molecule has 1 N–H and O–H groups in total. The number of nitrogens with one attached hydrogen (secondary N) is 1. The summed E-state index contributed by atoms with van der Waals surface area (Å²) in [6.07, 6.45) is 4.67. The molecule has 1 rings (SSSR count). The van der Waals surface area contributed by atoms with Crippen molar-refractivity contribution in [2.75, 3.05) is 6.54 Å². The first-order chi connectivity index (χ1) is 7.09. The molecule has 0 aromatic carbocycles. The van der Waals surface area contributed by atoms with Crippen molar-refractivity contribution < 1.29 is 4.79 Å². The second kappa shape index (κ2) is 5.46. The van der Waals surface area contributed by atoms with E-state index in [1.807, 2.05) is 19.9 Å². The fourth-order valence-corrected chi connectivity index (χ4v) is 1.04. The number of carbonyl (C=O) groups excluding carboxylic acids is 1. The average Bonchev–Trinajstić information content (AvgIpc) is 2.17. The summed E-state index contributed by atoms with van der Waals surface area (Å²) in [5.74, 6) is -0.275. The van der Waals surface area contributed by atoms with Crippen LogP contribution < -0.4 is 5.32 Å². The van der Waals surface area contributed by atoms with Gasteiger partial charge in [0.05, 0.1) is 12.4 Å². The molecule has 1 heterocycles. The standard InChI is InChI=1S/C10H12ClN3O/c1-7(2)3-4-13-10(15)8-5-12-6-9(11)14-8/h3,5-6H,4H2,1-2H3,(H,13,15). The molecule has 0 radical (unpaired) electrons. The number of aromatic nitrogens is 2. The average molecular weight is 226 g/mol. The van der Waals surface area contributed by atoms with Crippen LogP contribution in [0.4, 0.5) is 0 Å². The molecule has 15 heavy (non-hydrogen) atoms. The fourth-order valence-electron chi connectivity index (χ4n) is 0.890. The zero-order valence-electron chi connectivity index (χ0n) is 8.62. The summed E-state index contributed by atoms with van der Waals surface area (Å²) in [5, 5.41) is 2.89. The summed E-state index contributed by atoms with van der Waals surface area (Å²) in [4.78, 5) is 19.1. The third-order valence-corrected chi connectivity index (χ3v) is 1.79. The maximum atomic E-state index is 11.5. The van der Waals surface area contributed by atoms with E-state index in [0.717, 1.165) is 5.57 Å². The predicted molar refractivity (Wildman–Crippen MR) is 58.8 cm³/mol. The van der Waals surface area contributed by atoms with Gasteiger partial charge < -0.3 is 5.32 Å². The minimum absolute atomic E-state index is 0.213. The van der Waals surface area contributed by atoms with Gasteiger partial charge in [0.1, 0.15) is 10.8 Å². The first-order valence-electron chi connectivity index (χ1n) is 4.48. The Bertz CT molecular complexity index is 386. The summed E-state index contributed by atoms with van der Waals surface area (Å²) in [7, 11) is 0. The summed E-state index contributed by atoms with van der Waals surface area (Å²) in [6.45, 7) is 4.41. The monoisotopic (exact) mass is 225 g/mol. The molecule has 0 bridgehead atoms. The van der Waals surface area contributed by atoms with E-state index in [4.69, 9.17) is 11.6 Å². The lowest BCUT2D eigenvalue weighted by Gasteiger charge is -2.01. The topological polar surface area (TPSA) is 54.9 Å². The van der Waals surface area contributed by atoms with Crippen molar-refractivity contribution in [3.8, 4) is 0 Å². The van der Waals surface area contributed by atoms with E-state index >= 15 is 0 Å². The molecule has 0 unspecified atom stereocenters. The second-order valence-electron chi connectivity index (χ2n) is 3.22. The molecular formula is C10H12ClN3O. The van der Waals surface area contributed by atoms with Gasteiger partial charge in [-0.15, -0.1) is 0 Å². The van der Waals surface area contributed by atoms with Gasteiger partial charge in [0.2, 0.25) is 0 Å². The van der Waals surface area contributed by atoms with Crippen LogP contribution in [-0.2, 0) is 0 Å². The molecule has 0 aliphatic heterocycles. The first kappa shape index (κ1) is 11.7. The third kappa shape index (κ3) is 4.08. The van der Waals surface area contributed by atoms with Crippen molar-refractivity contribution in [1.82, 2.24) is 15.3 Å². The van der Waals surface area contributed by atoms with E-state index in [-0.39, 0.29) is 16.8 Å². The van der Waals surface area contributed by atoms with Gasteiger partial charge in [-0.05, 0) is 13.8 Å². The molecule has 0 saturated heterocycles. The molecular weight excluding hydrogens is 214 g/mol. The SMILES string of the molecule is CC(C)=CCNC(=O)c1cncc(Cl)n1. The Morgan fingerprint density at radius 2 is 2.27 bits per heavy atom. The third-order valence-electron chi connectivity index (χ3n) is 1.61. The summed E-state index contributed by atoms with van der Waals surface area (Å²) < 4.78 is 0. The maximum Gasteiger partial charge on any atom is 0.271 e. The molecule has 1 amide bonds. The van der Waals surface area contributed by atoms with Gasteiger partial charge in [-0.1, -0.05) is 23.3 Å². The molecule has 4 nitrogen and oxygen atoms in total. The first-order valence-corrected chi connectivity index (χ1v) is 4.86. The molecule has 0 aliphatic carbocycles. The number of hydrogen-bond donors (Lipinski definition) is 1. The molecule has 0 saturated carbocycles. The van der Waals surface area contributed by atoms with Crippen LogP contribution in [0.25, 0.3) is 0 Å². The highest BCUT2D eigenvalue weighted by atomic mass is 35.5. The Kier molecular flexibility index (Phi) is 4.24. The summed E-state index contributed by atoms with van der Waals surface area (Å²) >= 11 is 5.61. The van der Waals surface area contributed by atoms with Crippen LogP contribution in [0.5, 0.6) is 0 Å². The highest BCUT2D eigenvalue weighted by Crippen LogP contribution is 2.01. The van der Waals surface area contributed by atoms with E-state index in [1.165, 1.54) is 12.4 Å². The zero-order chi connectivity index (χ0) is 11.3.